The number of nitrogens with one attached hydrogen (secondary N) is 2. The van der Waals surface area contributed by atoms with E-state index in [1.807, 2.05) is 14.1 Å². The highest BCUT2D eigenvalue weighted by Crippen LogP contribution is 1.41. The molecule has 0 aromatic heterocycles. The van der Waals surface area contributed by atoms with Gasteiger partial charge >= 0.3 is 0 Å². The van der Waals surface area contributed by atoms with Crippen LogP contribution in [0.2, 0.25) is 0 Å². The van der Waals surface area contributed by atoms with Gasteiger partial charge in [0.15, 0.2) is 0 Å². The molecule has 1 radical (unpaired) electrons. The summed E-state index contributed by atoms with van der Waals surface area (Å²) in [5, 5.41) is 5.56. The molecule has 0 saturated heterocycles. The molecule has 0 unspecified atom stereocenters. The van der Waals surface area contributed by atoms with Crippen molar-refractivity contribution in [2.45, 2.75) is 0 Å². The molecule has 0 heterocycles. The molecule has 2 heteroatoms. The average molecular weight is 73.1 g/mol. The first-order valence-electron chi connectivity index (χ1n) is 1.58. The lowest BCUT2D eigenvalue weighted by atomic mass is 11.0. The summed E-state index contributed by atoms with van der Waals surface area (Å²) >= 11 is 0. The van der Waals surface area contributed by atoms with Crippen molar-refractivity contribution < 1.29 is 0 Å². The van der Waals surface area contributed by atoms with E-state index in [9.17, 15) is 0 Å². The summed E-state index contributed by atoms with van der Waals surface area (Å²) in [4.78, 5) is 0. The lowest BCUT2D eigenvalue weighted by Gasteiger charge is -1.87. The van der Waals surface area contributed by atoms with Gasteiger partial charge in [-0.05, 0) is 14.1 Å². The Morgan fingerprint density at radius 1 is 1.20 bits per heavy atom. The van der Waals surface area contributed by atoms with Crippen LogP contribution in [0.3, 0.4) is 0 Å². The van der Waals surface area contributed by atoms with Crippen LogP contribution in [-0.4, -0.2) is 14.1 Å². The molecule has 0 amide bonds. The molecular weight excluding hydrogens is 64.0 g/mol. The molecule has 0 spiro atoms. The predicted molar refractivity (Wildman–Crippen MR) is 22.4 cm³/mol. The molecule has 2 nitrogen and oxygen atoms in total. The molecule has 0 rings (SSSR count). The third-order valence-electron chi connectivity index (χ3n) is 0.289. The lowest BCUT2D eigenvalue weighted by molar-refractivity contribution is 0.827. The van der Waals surface area contributed by atoms with E-state index in [4.69, 9.17) is 0 Å². The molecule has 0 fully saturated rings. The van der Waals surface area contributed by atoms with Crippen LogP contribution < -0.4 is 10.6 Å². The fourth-order valence-corrected chi connectivity index (χ4v) is 0.144. The van der Waals surface area contributed by atoms with E-state index in [1.165, 1.54) is 0 Å². The fourth-order valence-electron chi connectivity index (χ4n) is 0.144. The van der Waals surface area contributed by atoms with Gasteiger partial charge in [-0.15, -0.1) is 0 Å². The van der Waals surface area contributed by atoms with Crippen molar-refractivity contribution in [2.24, 2.45) is 0 Å². The first-order chi connectivity index (χ1) is 2.41. The van der Waals surface area contributed by atoms with Gasteiger partial charge in [-0.25, -0.2) is 0 Å². The maximum Gasteiger partial charge on any atom is 0.0861 e. The maximum absolute atomic E-state index is 2.78. The van der Waals surface area contributed by atoms with Crippen molar-refractivity contribution in [1.29, 1.82) is 0 Å². The summed E-state index contributed by atoms with van der Waals surface area (Å²) in [7, 11) is 3.69. The molecule has 0 aliphatic carbocycles. The average Bonchev–Trinajstić information content (AvgIpc) is 1.41. The zero-order valence-electron chi connectivity index (χ0n) is 3.58. The van der Waals surface area contributed by atoms with E-state index in [1.54, 1.807) is 6.67 Å². The zero-order chi connectivity index (χ0) is 4.12. The predicted octanol–water partition coefficient (Wildman–Crippen LogP) is -0.456. The van der Waals surface area contributed by atoms with Gasteiger partial charge in [0.1, 0.15) is 0 Å². The van der Waals surface area contributed by atoms with Crippen molar-refractivity contribution in [3.8, 4) is 0 Å². The van der Waals surface area contributed by atoms with E-state index >= 15 is 0 Å². The molecular formula is C3H9N2. The van der Waals surface area contributed by atoms with Gasteiger partial charge in [-0.3, -0.25) is 0 Å². The van der Waals surface area contributed by atoms with Crippen molar-refractivity contribution in [3.05, 3.63) is 6.67 Å². The fraction of sp³-hybridized carbons (Fsp3) is 0.667. The Hall–Kier alpha value is -0.0800. The normalized spacial score (nSPS) is 8.40. The van der Waals surface area contributed by atoms with E-state index in [-0.39, 0.29) is 0 Å². The number of hydrogen-bond acceptors (Lipinski definition) is 2. The first-order valence-corrected chi connectivity index (χ1v) is 1.58. The highest BCUT2D eigenvalue weighted by atomic mass is 15.0. The van der Waals surface area contributed by atoms with Gasteiger partial charge in [-0.1, -0.05) is 0 Å². The van der Waals surface area contributed by atoms with Gasteiger partial charge in [0.25, 0.3) is 0 Å². The largest absolute Gasteiger partial charge is 0.303 e. The van der Waals surface area contributed by atoms with Gasteiger partial charge in [-0.2, -0.15) is 0 Å². The summed E-state index contributed by atoms with van der Waals surface area (Å²) < 4.78 is 0. The second-order valence-electron chi connectivity index (χ2n) is 0.722. The van der Waals surface area contributed by atoms with Gasteiger partial charge in [0.05, 0.1) is 6.67 Å². The molecule has 0 bridgehead atoms. The van der Waals surface area contributed by atoms with Crippen LogP contribution in [0.25, 0.3) is 0 Å². The first kappa shape index (κ1) is 4.92. The second kappa shape index (κ2) is 3.92. The second-order valence-corrected chi connectivity index (χ2v) is 0.722. The Labute approximate surface area is 32.6 Å². The minimum atomic E-state index is 1.75. The summed E-state index contributed by atoms with van der Waals surface area (Å²) in [6, 6.07) is 0. The lowest BCUT2D eigenvalue weighted by Crippen LogP contribution is -2.13. The van der Waals surface area contributed by atoms with Gasteiger partial charge in [0, 0.05) is 0 Å². The molecule has 5 heavy (non-hydrogen) atoms. The molecule has 0 aliphatic rings. The quantitative estimate of drug-likeness (QED) is 0.462. The topological polar surface area (TPSA) is 24.1 Å². The Bertz CT molecular complexity index is 12.4. The minimum absolute atomic E-state index is 1.75. The van der Waals surface area contributed by atoms with E-state index in [0.29, 0.717) is 0 Å². The van der Waals surface area contributed by atoms with Gasteiger partial charge < -0.3 is 10.6 Å². The Kier molecular flexibility index (Phi) is 3.86. The third-order valence-corrected chi connectivity index (χ3v) is 0.289. The molecule has 0 atom stereocenters. The SMILES string of the molecule is CN[CH]NC. The minimum Gasteiger partial charge on any atom is -0.303 e. The summed E-state index contributed by atoms with van der Waals surface area (Å²) in [5.74, 6) is 0. The van der Waals surface area contributed by atoms with Crippen molar-refractivity contribution in [2.75, 3.05) is 14.1 Å². The van der Waals surface area contributed by atoms with Crippen molar-refractivity contribution >= 4 is 0 Å². The summed E-state index contributed by atoms with van der Waals surface area (Å²) in [6.45, 7) is 1.75. The standard InChI is InChI=1S/C3H9N2/c1-4-3-5-2/h3-5H,1-2H3. The monoisotopic (exact) mass is 73.1 g/mol. The smallest absolute Gasteiger partial charge is 0.0861 e. The van der Waals surface area contributed by atoms with Crippen LogP contribution in [0.4, 0.5) is 0 Å². The highest BCUT2D eigenvalue weighted by Gasteiger charge is 1.62. The van der Waals surface area contributed by atoms with Crippen LogP contribution in [0.5, 0.6) is 0 Å². The van der Waals surface area contributed by atoms with E-state index in [0.717, 1.165) is 0 Å². The molecule has 2 N–H and O–H groups in total. The Balaban J connectivity index is 2.19. The molecule has 0 aromatic rings. The molecule has 0 aromatic carbocycles. The highest BCUT2D eigenvalue weighted by molar-refractivity contribution is 4.44. The van der Waals surface area contributed by atoms with Crippen molar-refractivity contribution in [1.82, 2.24) is 10.6 Å². The van der Waals surface area contributed by atoms with E-state index < -0.39 is 0 Å². The Morgan fingerprint density at radius 3 is 1.60 bits per heavy atom. The Morgan fingerprint density at radius 2 is 1.60 bits per heavy atom. The van der Waals surface area contributed by atoms with Crippen LogP contribution >= 0.6 is 0 Å². The van der Waals surface area contributed by atoms with Crippen molar-refractivity contribution in [3.63, 3.8) is 0 Å². The van der Waals surface area contributed by atoms with Crippen LogP contribution in [0, 0.1) is 6.67 Å². The van der Waals surface area contributed by atoms with Crippen LogP contribution in [0.15, 0.2) is 0 Å². The van der Waals surface area contributed by atoms with Crippen LogP contribution in [0.1, 0.15) is 0 Å². The number of hydrogen-bond donors (Lipinski definition) is 2. The van der Waals surface area contributed by atoms with Crippen LogP contribution in [-0.2, 0) is 0 Å². The summed E-state index contributed by atoms with van der Waals surface area (Å²) in [5.41, 5.74) is 0. The molecule has 0 saturated carbocycles. The molecule has 31 valence electrons. The zero-order valence-corrected chi connectivity index (χ0v) is 3.58. The maximum atomic E-state index is 2.78. The van der Waals surface area contributed by atoms with E-state index in [2.05, 4.69) is 10.6 Å². The molecule has 0 aliphatic heterocycles. The van der Waals surface area contributed by atoms with Gasteiger partial charge in [0.2, 0.25) is 0 Å². The summed E-state index contributed by atoms with van der Waals surface area (Å²) in [6.07, 6.45) is 0. The number of rotatable bonds is 2. The third kappa shape index (κ3) is 3.92.